The molecule has 0 aliphatic carbocycles. The number of halogens is 2. The molecule has 31 heavy (non-hydrogen) atoms. The van der Waals surface area contributed by atoms with E-state index in [0.717, 1.165) is 0 Å². The van der Waals surface area contributed by atoms with Gasteiger partial charge in [-0.15, -0.1) is 0 Å². The van der Waals surface area contributed by atoms with Crippen molar-refractivity contribution in [1.82, 2.24) is 20.2 Å². The molecule has 0 spiro atoms. The van der Waals surface area contributed by atoms with Crippen LogP contribution in [-0.2, 0) is 6.54 Å². The molecule has 0 radical (unpaired) electrons. The van der Waals surface area contributed by atoms with Crippen molar-refractivity contribution in [2.75, 3.05) is 13.1 Å². The second-order valence-electron chi connectivity index (χ2n) is 6.77. The number of nitrogens with one attached hydrogen (secondary N) is 2. The highest BCUT2D eigenvalue weighted by Crippen LogP contribution is 2.28. The third-order valence-electron chi connectivity index (χ3n) is 4.70. The van der Waals surface area contributed by atoms with Crippen molar-refractivity contribution < 1.29 is 14.0 Å². The van der Waals surface area contributed by atoms with Gasteiger partial charge in [0.25, 0.3) is 5.91 Å². The van der Waals surface area contributed by atoms with Crippen molar-refractivity contribution in [2.24, 2.45) is 10.7 Å². The van der Waals surface area contributed by atoms with Crippen LogP contribution in [0.2, 0.25) is 5.02 Å². The molecule has 2 heterocycles. The number of hydrogen-bond donors (Lipinski definition) is 3. The predicted molar refractivity (Wildman–Crippen MR) is 114 cm³/mol. The van der Waals surface area contributed by atoms with Gasteiger partial charge in [-0.25, -0.2) is 14.2 Å². The Morgan fingerprint density at radius 2 is 1.90 bits per heavy atom. The summed E-state index contributed by atoms with van der Waals surface area (Å²) in [7, 11) is 0. The molecule has 158 valence electrons. The molecule has 1 aromatic heterocycles. The van der Waals surface area contributed by atoms with Crippen molar-refractivity contribution >= 4 is 29.3 Å². The summed E-state index contributed by atoms with van der Waals surface area (Å²) in [4.78, 5) is 32.1. The van der Waals surface area contributed by atoms with Gasteiger partial charge in [0.15, 0.2) is 0 Å². The topological polar surface area (TPSA) is 114 Å². The number of aromatic nitrogens is 2. The van der Waals surface area contributed by atoms with Gasteiger partial charge in [-0.05, 0) is 30.3 Å². The molecule has 4 N–H and O–H groups in total. The van der Waals surface area contributed by atoms with E-state index in [9.17, 15) is 14.0 Å². The lowest BCUT2D eigenvalue weighted by Crippen LogP contribution is -2.37. The predicted octanol–water partition coefficient (Wildman–Crippen LogP) is 2.41. The SMILES string of the molecule is NC(=O)NCCNC(=O)c1cn2c(n1)CN=C(c1ccccc1F)c1cc(Cl)ccc1-2. The Labute approximate surface area is 181 Å². The van der Waals surface area contributed by atoms with E-state index in [1.165, 1.54) is 6.07 Å². The highest BCUT2D eigenvalue weighted by atomic mass is 35.5. The van der Waals surface area contributed by atoms with E-state index < -0.39 is 17.8 Å². The molecule has 0 saturated carbocycles. The first-order chi connectivity index (χ1) is 14.9. The summed E-state index contributed by atoms with van der Waals surface area (Å²) in [5, 5.41) is 5.53. The lowest BCUT2D eigenvalue weighted by Gasteiger charge is -2.12. The average molecular weight is 441 g/mol. The number of aliphatic imine (C=N–C) groups is 1. The molecule has 2 aromatic carbocycles. The van der Waals surface area contributed by atoms with Crippen LogP contribution >= 0.6 is 11.6 Å². The number of carbonyl (C=O) groups is 2. The van der Waals surface area contributed by atoms with Crippen LogP contribution in [0, 0.1) is 5.82 Å². The summed E-state index contributed by atoms with van der Waals surface area (Å²) in [5.74, 6) is -0.271. The van der Waals surface area contributed by atoms with Crippen molar-refractivity contribution in [2.45, 2.75) is 6.54 Å². The van der Waals surface area contributed by atoms with Gasteiger partial charge in [-0.1, -0.05) is 23.7 Å². The molecule has 4 rings (SSSR count). The maximum absolute atomic E-state index is 14.5. The Hall–Kier alpha value is -3.72. The van der Waals surface area contributed by atoms with Crippen molar-refractivity contribution in [3.8, 4) is 5.69 Å². The van der Waals surface area contributed by atoms with Gasteiger partial charge >= 0.3 is 6.03 Å². The minimum atomic E-state index is -0.665. The fraction of sp³-hybridized carbons (Fsp3) is 0.143. The van der Waals surface area contributed by atoms with E-state index in [1.807, 2.05) is 0 Å². The molecule has 3 amide bonds. The lowest BCUT2D eigenvalue weighted by atomic mass is 10.00. The average Bonchev–Trinajstić information content (AvgIpc) is 3.10. The van der Waals surface area contributed by atoms with Crippen molar-refractivity contribution in [3.05, 3.63) is 82.1 Å². The largest absolute Gasteiger partial charge is 0.352 e. The molecule has 0 unspecified atom stereocenters. The Morgan fingerprint density at radius 3 is 2.68 bits per heavy atom. The number of imidazole rings is 1. The zero-order valence-electron chi connectivity index (χ0n) is 16.2. The van der Waals surface area contributed by atoms with E-state index in [2.05, 4.69) is 20.6 Å². The molecule has 1 aliphatic heterocycles. The number of primary amides is 1. The van der Waals surface area contributed by atoms with Crippen LogP contribution in [-0.4, -0.2) is 40.3 Å². The summed E-state index contributed by atoms with van der Waals surface area (Å²) in [6.45, 7) is 0.546. The van der Waals surface area contributed by atoms with Crippen LogP contribution in [0.4, 0.5) is 9.18 Å². The van der Waals surface area contributed by atoms with Crippen LogP contribution in [0.1, 0.15) is 27.4 Å². The van der Waals surface area contributed by atoms with Crippen LogP contribution in [0.5, 0.6) is 0 Å². The van der Waals surface area contributed by atoms with E-state index in [0.29, 0.717) is 33.4 Å². The quantitative estimate of drug-likeness (QED) is 0.529. The third-order valence-corrected chi connectivity index (χ3v) is 4.94. The fourth-order valence-corrected chi connectivity index (χ4v) is 3.50. The number of amides is 3. The molecule has 1 aliphatic rings. The first-order valence-electron chi connectivity index (χ1n) is 9.43. The highest BCUT2D eigenvalue weighted by Gasteiger charge is 2.23. The molecule has 10 heteroatoms. The Morgan fingerprint density at radius 1 is 1.13 bits per heavy atom. The molecule has 0 bridgehead atoms. The lowest BCUT2D eigenvalue weighted by molar-refractivity contribution is 0.0949. The molecule has 0 fully saturated rings. The number of urea groups is 1. The van der Waals surface area contributed by atoms with Gasteiger partial charge in [0.1, 0.15) is 17.3 Å². The van der Waals surface area contributed by atoms with Gasteiger partial charge in [0.2, 0.25) is 0 Å². The van der Waals surface area contributed by atoms with Gasteiger partial charge in [0.05, 0.1) is 17.9 Å². The number of benzene rings is 2. The van der Waals surface area contributed by atoms with Gasteiger partial charge in [-0.2, -0.15) is 0 Å². The molecule has 0 atom stereocenters. The summed E-state index contributed by atoms with van der Waals surface area (Å²) < 4.78 is 16.2. The Kier molecular flexibility index (Phi) is 5.68. The molecular weight excluding hydrogens is 423 g/mol. The number of rotatable bonds is 5. The first kappa shape index (κ1) is 20.5. The fourth-order valence-electron chi connectivity index (χ4n) is 3.33. The number of carbonyl (C=O) groups excluding carboxylic acids is 2. The normalized spacial score (nSPS) is 12.3. The minimum Gasteiger partial charge on any atom is -0.352 e. The molecule has 3 aromatic rings. The Bertz CT molecular complexity index is 1210. The van der Waals surface area contributed by atoms with Crippen molar-refractivity contribution in [3.63, 3.8) is 0 Å². The molecule has 8 nitrogen and oxygen atoms in total. The number of nitrogens with zero attached hydrogens (tertiary/aromatic N) is 3. The first-order valence-corrected chi connectivity index (χ1v) is 9.81. The number of hydrogen-bond acceptors (Lipinski definition) is 4. The summed E-state index contributed by atoms with van der Waals surface area (Å²) in [6.07, 6.45) is 1.60. The zero-order chi connectivity index (χ0) is 22.0. The minimum absolute atomic E-state index is 0.145. The van der Waals surface area contributed by atoms with E-state index in [-0.39, 0.29) is 25.3 Å². The van der Waals surface area contributed by atoms with Crippen LogP contribution in [0.15, 0.2) is 53.7 Å². The van der Waals surface area contributed by atoms with Crippen molar-refractivity contribution in [1.29, 1.82) is 0 Å². The van der Waals surface area contributed by atoms with E-state index >= 15 is 0 Å². The summed E-state index contributed by atoms with van der Waals surface area (Å²) in [6, 6.07) is 10.9. The third kappa shape index (κ3) is 4.26. The van der Waals surface area contributed by atoms with E-state index in [4.69, 9.17) is 17.3 Å². The van der Waals surface area contributed by atoms with Crippen LogP contribution < -0.4 is 16.4 Å². The number of nitrogens with two attached hydrogens (primary N) is 1. The number of fused-ring (bicyclic) bond motifs is 3. The molecule has 0 saturated heterocycles. The summed E-state index contributed by atoms with van der Waals surface area (Å²) >= 11 is 6.22. The smallest absolute Gasteiger partial charge is 0.312 e. The van der Waals surface area contributed by atoms with Crippen LogP contribution in [0.25, 0.3) is 5.69 Å². The maximum atomic E-state index is 14.5. The highest BCUT2D eigenvalue weighted by molar-refractivity contribution is 6.31. The second kappa shape index (κ2) is 8.57. The van der Waals surface area contributed by atoms with Gasteiger partial charge < -0.3 is 20.9 Å². The second-order valence-corrected chi connectivity index (χ2v) is 7.20. The molecular formula is C21H18ClFN6O2. The van der Waals surface area contributed by atoms with Gasteiger partial charge in [0, 0.05) is 35.4 Å². The standard InChI is InChI=1S/C21H18ClFN6O2/c22-12-5-6-17-14(9-12)19(13-3-1-2-4-15(13)23)27-10-18-28-16(11-29(17)18)20(30)25-7-8-26-21(24)31/h1-6,9,11H,7-8,10H2,(H,25,30)(H3,24,26,31). The van der Waals surface area contributed by atoms with Gasteiger partial charge in [-0.3, -0.25) is 9.79 Å². The van der Waals surface area contributed by atoms with Crippen LogP contribution in [0.3, 0.4) is 0 Å². The maximum Gasteiger partial charge on any atom is 0.312 e. The summed E-state index contributed by atoms with van der Waals surface area (Å²) in [5.41, 5.74) is 7.32. The monoisotopic (exact) mass is 440 g/mol. The Balaban J connectivity index is 1.68. The zero-order valence-corrected chi connectivity index (χ0v) is 17.0. The van der Waals surface area contributed by atoms with E-state index in [1.54, 1.807) is 47.2 Å².